The van der Waals surface area contributed by atoms with Crippen LogP contribution in [0, 0.1) is 0 Å². The maximum absolute atomic E-state index is 13.9. The van der Waals surface area contributed by atoms with Crippen LogP contribution in [-0.2, 0) is 4.79 Å². The Labute approximate surface area is 263 Å². The van der Waals surface area contributed by atoms with Crippen LogP contribution in [0.15, 0.2) is 131 Å². The SMILES string of the molecule is O=C(N1CCS/C1=C1\[C@H](c2ccc(-c3ccccc3)cc2)C=C2SCCN2[C@@H]1c1ccc(-c2ccccc2)cc1)C(F)(F)F. The van der Waals surface area contributed by atoms with E-state index in [0.29, 0.717) is 10.8 Å². The lowest BCUT2D eigenvalue weighted by Crippen LogP contribution is -2.40. The fourth-order valence-electron chi connectivity index (χ4n) is 6.30. The zero-order chi connectivity index (χ0) is 30.3. The molecule has 3 heterocycles. The van der Waals surface area contributed by atoms with Crippen molar-refractivity contribution in [3.8, 4) is 22.3 Å². The van der Waals surface area contributed by atoms with Gasteiger partial charge in [-0.1, -0.05) is 109 Å². The molecule has 4 aromatic rings. The zero-order valence-corrected chi connectivity index (χ0v) is 25.3. The first kappa shape index (κ1) is 28.9. The van der Waals surface area contributed by atoms with Gasteiger partial charge in [0, 0.05) is 30.5 Å². The lowest BCUT2D eigenvalue weighted by atomic mass is 9.80. The van der Waals surface area contributed by atoms with Crippen LogP contribution >= 0.6 is 23.5 Å². The van der Waals surface area contributed by atoms with Gasteiger partial charge >= 0.3 is 12.1 Å². The number of thioether (sulfide) groups is 2. The number of alkyl halides is 3. The highest BCUT2D eigenvalue weighted by Gasteiger charge is 2.48. The first-order valence-corrected chi connectivity index (χ1v) is 16.5. The molecule has 0 saturated carbocycles. The molecule has 4 aromatic carbocycles. The second-order valence-corrected chi connectivity index (χ2v) is 13.2. The molecule has 0 aliphatic carbocycles. The van der Waals surface area contributed by atoms with Crippen molar-refractivity contribution in [2.75, 3.05) is 24.6 Å². The largest absolute Gasteiger partial charge is 0.471 e. The summed E-state index contributed by atoms with van der Waals surface area (Å²) in [6, 6.07) is 36.5. The highest BCUT2D eigenvalue weighted by atomic mass is 32.2. The molecule has 0 aromatic heterocycles. The highest BCUT2D eigenvalue weighted by Crippen LogP contribution is 2.54. The van der Waals surface area contributed by atoms with E-state index in [9.17, 15) is 18.0 Å². The predicted octanol–water partition coefficient (Wildman–Crippen LogP) is 9.10. The molecule has 2 saturated heterocycles. The molecule has 1 amide bonds. The topological polar surface area (TPSA) is 23.6 Å². The average Bonchev–Trinajstić information content (AvgIpc) is 3.74. The smallest absolute Gasteiger partial charge is 0.355 e. The van der Waals surface area contributed by atoms with Gasteiger partial charge in [0.2, 0.25) is 0 Å². The van der Waals surface area contributed by atoms with E-state index in [0.717, 1.165) is 61.2 Å². The maximum Gasteiger partial charge on any atom is 0.471 e. The number of carbonyl (C=O) groups is 1. The molecule has 44 heavy (non-hydrogen) atoms. The Morgan fingerprint density at radius 2 is 1.18 bits per heavy atom. The van der Waals surface area contributed by atoms with Gasteiger partial charge in [-0.25, -0.2) is 0 Å². The molecule has 0 bridgehead atoms. The van der Waals surface area contributed by atoms with E-state index >= 15 is 0 Å². The third-order valence-electron chi connectivity index (χ3n) is 8.36. The molecular formula is C36H29F3N2OS2. The molecule has 3 nitrogen and oxygen atoms in total. The van der Waals surface area contributed by atoms with Crippen LogP contribution in [0.2, 0.25) is 0 Å². The number of benzene rings is 4. The summed E-state index contributed by atoms with van der Waals surface area (Å²) in [5, 5.41) is 1.55. The molecule has 3 aliphatic rings. The van der Waals surface area contributed by atoms with Crippen molar-refractivity contribution < 1.29 is 18.0 Å². The highest BCUT2D eigenvalue weighted by molar-refractivity contribution is 8.03. The molecule has 0 N–H and O–H groups in total. The number of nitrogens with zero attached hydrogens (tertiary/aromatic N) is 2. The van der Waals surface area contributed by atoms with Crippen LogP contribution in [0.3, 0.4) is 0 Å². The number of rotatable bonds is 4. The van der Waals surface area contributed by atoms with E-state index in [-0.39, 0.29) is 18.5 Å². The van der Waals surface area contributed by atoms with Crippen LogP contribution in [0.4, 0.5) is 13.2 Å². The van der Waals surface area contributed by atoms with Crippen LogP contribution in [0.25, 0.3) is 22.3 Å². The van der Waals surface area contributed by atoms with Crippen molar-refractivity contribution >= 4 is 29.4 Å². The van der Waals surface area contributed by atoms with Crippen LogP contribution in [0.5, 0.6) is 0 Å². The van der Waals surface area contributed by atoms with Crippen LogP contribution in [0.1, 0.15) is 23.1 Å². The minimum absolute atomic E-state index is 0.0342. The number of fused-ring (bicyclic) bond motifs is 1. The summed E-state index contributed by atoms with van der Waals surface area (Å²) >= 11 is 3.13. The van der Waals surface area contributed by atoms with Gasteiger partial charge in [-0.2, -0.15) is 13.2 Å². The summed E-state index contributed by atoms with van der Waals surface area (Å²) in [5.74, 6) is -0.775. The van der Waals surface area contributed by atoms with Gasteiger partial charge in [-0.3, -0.25) is 9.69 Å². The van der Waals surface area contributed by atoms with E-state index in [4.69, 9.17) is 0 Å². The normalized spacial score (nSPS) is 21.8. The van der Waals surface area contributed by atoms with E-state index < -0.39 is 12.1 Å². The van der Waals surface area contributed by atoms with Gasteiger partial charge in [0.15, 0.2) is 0 Å². The fourth-order valence-corrected chi connectivity index (χ4v) is 8.59. The fraction of sp³-hybridized carbons (Fsp3) is 0.194. The molecule has 7 rings (SSSR count). The summed E-state index contributed by atoms with van der Waals surface area (Å²) in [6.07, 6.45) is -2.77. The molecular weight excluding hydrogens is 598 g/mol. The van der Waals surface area contributed by atoms with Crippen LogP contribution in [-0.4, -0.2) is 46.5 Å². The van der Waals surface area contributed by atoms with Gasteiger partial charge in [0.1, 0.15) is 0 Å². The van der Waals surface area contributed by atoms with E-state index in [1.54, 1.807) is 11.8 Å². The minimum Gasteiger partial charge on any atom is -0.355 e. The Bertz CT molecular complexity index is 1720. The lowest BCUT2D eigenvalue weighted by Gasteiger charge is -2.41. The van der Waals surface area contributed by atoms with Crippen molar-refractivity contribution in [1.29, 1.82) is 0 Å². The minimum atomic E-state index is -4.95. The number of hydrogen-bond donors (Lipinski definition) is 0. The zero-order valence-electron chi connectivity index (χ0n) is 23.7. The van der Waals surface area contributed by atoms with Crippen LogP contribution < -0.4 is 0 Å². The first-order chi connectivity index (χ1) is 21.4. The van der Waals surface area contributed by atoms with Gasteiger partial charge in [0.25, 0.3) is 0 Å². The molecule has 0 spiro atoms. The van der Waals surface area contributed by atoms with Gasteiger partial charge in [0.05, 0.1) is 16.1 Å². The number of amides is 1. The third kappa shape index (κ3) is 5.46. The second kappa shape index (κ2) is 11.9. The van der Waals surface area contributed by atoms with Crippen molar-refractivity contribution in [3.63, 3.8) is 0 Å². The summed E-state index contributed by atoms with van der Waals surface area (Å²) in [6.45, 7) is 0.808. The molecule has 2 fully saturated rings. The summed E-state index contributed by atoms with van der Waals surface area (Å²) in [4.78, 5) is 16.0. The summed E-state index contributed by atoms with van der Waals surface area (Å²) in [5.41, 5.74) is 7.16. The number of allylic oxidation sites excluding steroid dienone is 1. The van der Waals surface area contributed by atoms with Crippen molar-refractivity contribution in [2.24, 2.45) is 0 Å². The third-order valence-corrected chi connectivity index (χ3v) is 10.5. The lowest BCUT2D eigenvalue weighted by molar-refractivity contribution is -0.182. The van der Waals surface area contributed by atoms with Crippen molar-refractivity contribution in [1.82, 2.24) is 9.80 Å². The number of halogens is 3. The summed E-state index contributed by atoms with van der Waals surface area (Å²) in [7, 11) is 0. The Morgan fingerprint density at radius 3 is 1.75 bits per heavy atom. The quantitative estimate of drug-likeness (QED) is 0.226. The molecule has 0 radical (unpaired) electrons. The van der Waals surface area contributed by atoms with Gasteiger partial charge in [-0.15, -0.1) is 23.5 Å². The van der Waals surface area contributed by atoms with Crippen molar-refractivity contribution in [3.05, 3.63) is 142 Å². The summed E-state index contributed by atoms with van der Waals surface area (Å²) < 4.78 is 41.6. The average molecular weight is 627 g/mol. The Morgan fingerprint density at radius 1 is 0.659 bits per heavy atom. The standard InChI is InChI=1S/C36H29F3N2OS2/c37-36(38,39)35(42)41-20-22-44-34(41)32-30(28-15-11-26(12-16-28)24-7-3-1-4-8-24)23-31-40(19-21-43-31)33(32)29-17-13-27(14-18-29)25-9-5-2-6-10-25/h1-18,23,30,33H,19-22H2/b34-32+/t30-,33+/m0/s1. The molecule has 0 unspecified atom stereocenters. The predicted molar refractivity (Wildman–Crippen MR) is 174 cm³/mol. The Hall–Kier alpha value is -3.88. The second-order valence-electron chi connectivity index (χ2n) is 11.0. The maximum atomic E-state index is 13.9. The Balaban J connectivity index is 1.37. The van der Waals surface area contributed by atoms with Gasteiger partial charge in [-0.05, 0) is 45.0 Å². The van der Waals surface area contributed by atoms with E-state index in [1.807, 2.05) is 36.4 Å². The van der Waals surface area contributed by atoms with Crippen molar-refractivity contribution in [2.45, 2.75) is 18.1 Å². The number of hydrogen-bond acceptors (Lipinski definition) is 4. The number of carbonyl (C=O) groups excluding carboxylic acids is 1. The molecule has 8 heteroatoms. The monoisotopic (exact) mass is 626 g/mol. The molecule has 222 valence electrons. The Kier molecular flexibility index (Phi) is 7.81. The molecule has 2 atom stereocenters. The van der Waals surface area contributed by atoms with Gasteiger partial charge < -0.3 is 4.90 Å². The van der Waals surface area contributed by atoms with E-state index in [2.05, 4.69) is 83.8 Å². The molecule has 3 aliphatic heterocycles. The first-order valence-electron chi connectivity index (χ1n) is 14.6. The van der Waals surface area contributed by atoms with E-state index in [1.165, 1.54) is 11.8 Å².